The van der Waals surface area contributed by atoms with E-state index in [4.69, 9.17) is 28.7 Å². The fourth-order valence-corrected chi connectivity index (χ4v) is 12.9. The Balaban J connectivity index is 1.14. The van der Waals surface area contributed by atoms with Gasteiger partial charge in [-0.3, -0.25) is 4.79 Å². The van der Waals surface area contributed by atoms with E-state index in [2.05, 4.69) is 32.7 Å². The Morgan fingerprint density at radius 2 is 1.71 bits per heavy atom. The summed E-state index contributed by atoms with van der Waals surface area (Å²) in [6.07, 6.45) is -0.846. The minimum Gasteiger partial charge on any atom is -0.459 e. The lowest BCUT2D eigenvalue weighted by Crippen LogP contribution is -2.61. The zero-order valence-electron chi connectivity index (χ0n) is 42.8. The molecule has 4 aliphatic rings. The number of carbonyl (C=O) groups is 1. The summed E-state index contributed by atoms with van der Waals surface area (Å²) in [5, 5.41) is 71.3. The molecule has 0 spiro atoms. The summed E-state index contributed by atoms with van der Waals surface area (Å²) in [6, 6.07) is 7.30. The van der Waals surface area contributed by atoms with Crippen molar-refractivity contribution in [2.75, 3.05) is 34.3 Å². The summed E-state index contributed by atoms with van der Waals surface area (Å²) in [6.45, 7) is 17.6. The van der Waals surface area contributed by atoms with Gasteiger partial charge in [-0.05, 0) is 97.5 Å². The van der Waals surface area contributed by atoms with Crippen molar-refractivity contribution >= 4 is 17.3 Å². The van der Waals surface area contributed by atoms with Crippen molar-refractivity contribution in [1.82, 2.24) is 29.8 Å². The Kier molecular flexibility index (Phi) is 16.6. The number of hydrogen-bond donors (Lipinski definition) is 5. The van der Waals surface area contributed by atoms with Gasteiger partial charge in [0.2, 0.25) is 0 Å². The van der Waals surface area contributed by atoms with Crippen LogP contribution in [-0.4, -0.2) is 179 Å². The number of carbonyl (C=O) groups excluding carboxylic acids is 1. The van der Waals surface area contributed by atoms with Crippen LogP contribution in [0.2, 0.25) is 0 Å². The van der Waals surface area contributed by atoms with E-state index in [1.165, 1.54) is 6.92 Å². The largest absolute Gasteiger partial charge is 0.459 e. The fraction of sp³-hybridized carbons (Fsp3) is 0.765. The van der Waals surface area contributed by atoms with E-state index in [9.17, 15) is 30.3 Å². The molecule has 1 aromatic carbocycles. The number of rotatable bonds is 12. The molecule has 0 radical (unpaired) electrons. The van der Waals surface area contributed by atoms with Crippen LogP contribution >= 0.6 is 11.3 Å². The van der Waals surface area contributed by atoms with Crippen molar-refractivity contribution in [3.05, 3.63) is 58.3 Å². The summed E-state index contributed by atoms with van der Waals surface area (Å²) >= 11 is 1.63. The van der Waals surface area contributed by atoms with Gasteiger partial charge in [-0.15, -0.1) is 16.4 Å². The van der Waals surface area contributed by atoms with E-state index >= 15 is 0 Å². The zero-order valence-corrected chi connectivity index (χ0v) is 43.6. The van der Waals surface area contributed by atoms with Crippen molar-refractivity contribution in [2.45, 2.75) is 191 Å². The van der Waals surface area contributed by atoms with Crippen LogP contribution in [0.5, 0.6) is 0 Å². The van der Waals surface area contributed by atoms with Gasteiger partial charge in [0, 0.05) is 69.3 Å². The van der Waals surface area contributed by atoms with Crippen LogP contribution in [0.3, 0.4) is 0 Å². The molecule has 18 atom stereocenters. The lowest BCUT2D eigenvalue weighted by Gasteiger charge is -2.50. The van der Waals surface area contributed by atoms with Gasteiger partial charge in [-0.1, -0.05) is 45.0 Å². The highest BCUT2D eigenvalue weighted by Crippen LogP contribution is 2.63. The van der Waals surface area contributed by atoms with Gasteiger partial charge in [-0.25, -0.2) is 9.67 Å². The number of likely N-dealkylation sites (N-methyl/N-ethyl adjacent to an activating group) is 2. The van der Waals surface area contributed by atoms with Crippen molar-refractivity contribution in [2.24, 2.45) is 23.7 Å². The topological polar surface area (TPSA) is 214 Å². The molecule has 1 saturated carbocycles. The van der Waals surface area contributed by atoms with E-state index in [1.54, 1.807) is 50.1 Å². The van der Waals surface area contributed by atoms with Gasteiger partial charge in [0.05, 0.1) is 64.2 Å². The molecule has 17 nitrogen and oxygen atoms in total. The third-order valence-corrected chi connectivity index (χ3v) is 17.5. The first kappa shape index (κ1) is 53.8. The Hall–Kier alpha value is -2.98. The molecule has 5 heterocycles. The first-order chi connectivity index (χ1) is 32.5. The molecule has 7 rings (SSSR count). The Morgan fingerprint density at radius 1 is 1.00 bits per heavy atom. The van der Waals surface area contributed by atoms with E-state index in [0.29, 0.717) is 38.8 Å². The number of fused-ring (bicyclic) bond motifs is 1. The number of aromatic nitrogens is 4. The van der Waals surface area contributed by atoms with Crippen LogP contribution in [0.4, 0.5) is 0 Å². The first-order valence-electron chi connectivity index (χ1n) is 25.0. The second-order valence-electron chi connectivity index (χ2n) is 21.7. The van der Waals surface area contributed by atoms with Crippen LogP contribution in [0, 0.1) is 23.7 Å². The van der Waals surface area contributed by atoms with Crippen molar-refractivity contribution < 1.29 is 54.0 Å². The first-order valence-corrected chi connectivity index (χ1v) is 25.9. The lowest BCUT2D eigenvalue weighted by molar-refractivity contribution is -0.297. The molecular weight excluding hydrogens is 905 g/mol. The number of cyclic esters (lactones) is 1. The number of ether oxygens (including phenoxy) is 5. The molecule has 0 amide bonds. The number of nitrogens with zero attached hydrogens (tertiary/aromatic N) is 6. The maximum Gasteiger partial charge on any atom is 0.309 e. The molecule has 5 N–H and O–H groups in total. The fourth-order valence-electron chi connectivity index (χ4n) is 12.0. The Bertz CT molecular complexity index is 2150. The number of aliphatic hydroxyl groups excluding tert-OH is 3. The quantitative estimate of drug-likeness (QED) is 0.161. The van der Waals surface area contributed by atoms with Gasteiger partial charge >= 0.3 is 5.97 Å². The third-order valence-electron chi connectivity index (χ3n) is 16.6. The van der Waals surface area contributed by atoms with Crippen LogP contribution < -0.4 is 0 Å². The van der Waals surface area contributed by atoms with Crippen molar-refractivity contribution in [3.8, 4) is 5.69 Å². The van der Waals surface area contributed by atoms with Gasteiger partial charge in [0.15, 0.2) is 6.29 Å². The van der Waals surface area contributed by atoms with Gasteiger partial charge in [-0.2, -0.15) is 0 Å². The van der Waals surface area contributed by atoms with E-state index < -0.39 is 95.1 Å². The number of aliphatic hydroxyl groups is 5. The maximum atomic E-state index is 14.6. The zero-order chi connectivity index (χ0) is 50.4. The normalized spacial score (nSPS) is 41.8. The molecule has 69 heavy (non-hydrogen) atoms. The van der Waals surface area contributed by atoms with Crippen LogP contribution in [0.1, 0.15) is 111 Å². The van der Waals surface area contributed by atoms with Crippen LogP contribution in [-0.2, 0) is 41.3 Å². The number of thiazole rings is 1. The molecule has 18 heteroatoms. The monoisotopic (exact) mass is 985 g/mol. The number of hydrogen-bond acceptors (Lipinski definition) is 17. The second-order valence-corrected chi connectivity index (χ2v) is 22.6. The molecule has 0 bridgehead atoms. The highest BCUT2D eigenvalue weighted by atomic mass is 32.1. The summed E-state index contributed by atoms with van der Waals surface area (Å²) in [5.41, 5.74) is -2.53. The molecule has 1 unspecified atom stereocenters. The lowest BCUT2D eigenvalue weighted by atomic mass is 9.70. The number of esters is 1. The van der Waals surface area contributed by atoms with Gasteiger partial charge < -0.3 is 59.0 Å². The summed E-state index contributed by atoms with van der Waals surface area (Å²) in [7, 11) is 5.41. The molecule has 3 aliphatic heterocycles. The molecule has 3 saturated heterocycles. The maximum absolute atomic E-state index is 14.6. The molecule has 386 valence electrons. The van der Waals surface area contributed by atoms with Crippen LogP contribution in [0.15, 0.2) is 42.0 Å². The van der Waals surface area contributed by atoms with Gasteiger partial charge in [0.25, 0.3) is 0 Å². The molecule has 3 aromatic rings. The van der Waals surface area contributed by atoms with Crippen LogP contribution in [0.25, 0.3) is 5.69 Å². The van der Waals surface area contributed by atoms with E-state index in [-0.39, 0.29) is 37.3 Å². The van der Waals surface area contributed by atoms with Crippen molar-refractivity contribution in [3.63, 3.8) is 0 Å². The SMILES string of the molecule is CC[C@H]1OC(=O)[C@H](C)[C@@H](C2C[C@@](C)(OC)[C@@H](O)[C@H](C)O2)[C@H](C)[C@]2(O[C@@H]3O[C@H](C)C[C@H](N(C)CCc4csc(Cc5ccc(-n6ccnn6)cc5)n4)[C@H]3O)C[C@@]2(O)C[C@@H](C)CN(C)[C@H](C)[C@@H](O)[C@]1(C)O. The Labute approximate surface area is 412 Å². The summed E-state index contributed by atoms with van der Waals surface area (Å²) in [4.78, 5) is 23.7. The summed E-state index contributed by atoms with van der Waals surface area (Å²) < 4.78 is 34.2. The molecular formula is C51H80N6O11S. The number of benzene rings is 1. The molecule has 1 aliphatic carbocycles. The second kappa shape index (κ2) is 21.2. The Morgan fingerprint density at radius 3 is 2.36 bits per heavy atom. The van der Waals surface area contributed by atoms with Gasteiger partial charge in [0.1, 0.15) is 35.6 Å². The predicted octanol–water partition coefficient (Wildman–Crippen LogP) is 4.17. The number of methoxy groups -OCH3 is 1. The van der Waals surface area contributed by atoms with E-state index in [1.807, 2.05) is 71.9 Å². The minimum atomic E-state index is -1.80. The average molecular weight is 985 g/mol. The predicted molar refractivity (Wildman–Crippen MR) is 260 cm³/mol. The van der Waals surface area contributed by atoms with E-state index in [0.717, 1.165) is 22.0 Å². The van der Waals surface area contributed by atoms with Crippen molar-refractivity contribution in [1.29, 1.82) is 0 Å². The minimum absolute atomic E-state index is 0.122. The third kappa shape index (κ3) is 11.0. The highest BCUT2D eigenvalue weighted by molar-refractivity contribution is 7.09. The average Bonchev–Trinajstić information content (AvgIpc) is 3.70. The molecule has 2 aromatic heterocycles. The smallest absolute Gasteiger partial charge is 0.309 e. The molecule has 4 fully saturated rings. The summed E-state index contributed by atoms with van der Waals surface area (Å²) in [5.74, 6) is -2.93. The standard InChI is InChI=1S/C51H80N6O11S/c1-13-40-49(9,62)44(59)33(6)56(11)26-29(2)24-50(63)28-51(50,32(5)42(31(4)46(61)67-40)39-25-48(8,64-12)45(60)34(7)66-39)68-47-43(58)38(22-30(3)65-47)55(10)20-18-36-27-69-41(53-36)23-35-14-16-37(17-15-35)57-21-19-52-54-57/h14-17,19,21,27,29-34,38-40,42-45,47,58-60,62-63H,13,18,20,22-26,28H2,1-12H3/t29-,30-,31-,32+,33-,34+,38+,39?,40-,42-,43-,44-,45+,47+,48-,49-,50+,51-/m1/s1. The highest BCUT2D eigenvalue weighted by Gasteiger charge is 2.74.